The molecule has 1 amide bonds. The Hall–Kier alpha value is -1.89. The predicted molar refractivity (Wildman–Crippen MR) is 89.7 cm³/mol. The van der Waals surface area contributed by atoms with Crippen molar-refractivity contribution in [2.75, 3.05) is 18.0 Å². The monoisotopic (exact) mass is 377 g/mol. The standard InChI is InChI=1S/C14H12BrN5OS/c15-11-3-1-2-10(5-11)12-8-22-14(18-12)20-7-9(4-13(20)21)6-17-19-16/h1-3,5,8-9H,4,6-7H2. The van der Waals surface area contributed by atoms with Crippen molar-refractivity contribution in [1.29, 1.82) is 0 Å². The molecule has 0 N–H and O–H groups in total. The summed E-state index contributed by atoms with van der Waals surface area (Å²) in [6, 6.07) is 7.89. The number of amides is 1. The largest absolute Gasteiger partial charge is 0.288 e. The van der Waals surface area contributed by atoms with Crippen LogP contribution in [0.1, 0.15) is 6.42 Å². The van der Waals surface area contributed by atoms with Crippen LogP contribution in [0, 0.1) is 5.92 Å². The Labute approximate surface area is 139 Å². The molecule has 1 saturated heterocycles. The molecule has 2 heterocycles. The van der Waals surface area contributed by atoms with Crippen LogP contribution in [0.5, 0.6) is 0 Å². The smallest absolute Gasteiger partial charge is 0.229 e. The molecule has 1 unspecified atom stereocenters. The zero-order valence-electron chi connectivity index (χ0n) is 11.5. The highest BCUT2D eigenvalue weighted by Gasteiger charge is 2.31. The zero-order chi connectivity index (χ0) is 15.5. The number of thiazole rings is 1. The van der Waals surface area contributed by atoms with Crippen molar-refractivity contribution in [2.24, 2.45) is 11.0 Å². The third kappa shape index (κ3) is 3.14. The Morgan fingerprint density at radius 2 is 2.41 bits per heavy atom. The minimum atomic E-state index is 0.0354. The summed E-state index contributed by atoms with van der Waals surface area (Å²) in [7, 11) is 0. The lowest BCUT2D eigenvalue weighted by Gasteiger charge is -2.12. The van der Waals surface area contributed by atoms with Gasteiger partial charge in [-0.1, -0.05) is 33.2 Å². The van der Waals surface area contributed by atoms with E-state index in [0.717, 1.165) is 15.7 Å². The van der Waals surface area contributed by atoms with Crippen LogP contribution in [0.15, 0.2) is 39.2 Å². The van der Waals surface area contributed by atoms with Crippen LogP contribution in [0.3, 0.4) is 0 Å². The summed E-state index contributed by atoms with van der Waals surface area (Å²) in [5.41, 5.74) is 10.2. The minimum absolute atomic E-state index is 0.0354. The molecule has 6 nitrogen and oxygen atoms in total. The molecule has 1 aliphatic heterocycles. The van der Waals surface area contributed by atoms with Gasteiger partial charge in [-0.05, 0) is 23.6 Å². The van der Waals surface area contributed by atoms with Gasteiger partial charge in [0.15, 0.2) is 5.13 Å². The van der Waals surface area contributed by atoms with Gasteiger partial charge in [-0.2, -0.15) is 0 Å². The van der Waals surface area contributed by atoms with E-state index in [-0.39, 0.29) is 11.8 Å². The van der Waals surface area contributed by atoms with Crippen molar-refractivity contribution in [3.05, 3.63) is 44.6 Å². The predicted octanol–water partition coefficient (Wildman–Crippen LogP) is 4.24. The first kappa shape index (κ1) is 15.0. The fraction of sp³-hybridized carbons (Fsp3) is 0.286. The van der Waals surface area contributed by atoms with Crippen molar-refractivity contribution < 1.29 is 4.79 Å². The number of nitrogens with zero attached hydrogens (tertiary/aromatic N) is 5. The molecule has 0 radical (unpaired) electrons. The van der Waals surface area contributed by atoms with Crippen LogP contribution in [-0.4, -0.2) is 24.0 Å². The molecule has 1 aromatic carbocycles. The topological polar surface area (TPSA) is 82.0 Å². The fourth-order valence-electron chi connectivity index (χ4n) is 2.41. The van der Waals surface area contributed by atoms with E-state index in [9.17, 15) is 4.79 Å². The number of rotatable bonds is 4. The van der Waals surface area contributed by atoms with Crippen LogP contribution in [0.2, 0.25) is 0 Å². The Bertz CT molecular complexity index is 755. The highest BCUT2D eigenvalue weighted by Crippen LogP contribution is 2.32. The number of anilines is 1. The van der Waals surface area contributed by atoms with Gasteiger partial charge in [-0.15, -0.1) is 11.3 Å². The van der Waals surface area contributed by atoms with E-state index in [0.29, 0.717) is 24.6 Å². The maximum absolute atomic E-state index is 12.1. The van der Waals surface area contributed by atoms with E-state index in [4.69, 9.17) is 5.53 Å². The van der Waals surface area contributed by atoms with Crippen molar-refractivity contribution >= 4 is 38.3 Å². The average Bonchev–Trinajstić information content (AvgIpc) is 3.11. The van der Waals surface area contributed by atoms with E-state index in [1.165, 1.54) is 11.3 Å². The summed E-state index contributed by atoms with van der Waals surface area (Å²) in [6.45, 7) is 0.909. The molecule has 1 aliphatic rings. The first-order valence-corrected chi connectivity index (χ1v) is 8.37. The van der Waals surface area contributed by atoms with Crippen LogP contribution in [-0.2, 0) is 4.79 Å². The number of carbonyl (C=O) groups is 1. The second kappa shape index (κ2) is 6.48. The van der Waals surface area contributed by atoms with Gasteiger partial charge in [0.2, 0.25) is 5.91 Å². The molecular weight excluding hydrogens is 366 g/mol. The molecule has 8 heteroatoms. The molecule has 0 spiro atoms. The Morgan fingerprint density at radius 1 is 1.55 bits per heavy atom. The van der Waals surface area contributed by atoms with Crippen LogP contribution in [0.4, 0.5) is 5.13 Å². The molecule has 22 heavy (non-hydrogen) atoms. The molecule has 1 fully saturated rings. The molecule has 0 aliphatic carbocycles. The SMILES string of the molecule is [N-]=[N+]=NCC1CC(=O)N(c2nc(-c3cccc(Br)c3)cs2)C1. The maximum atomic E-state index is 12.1. The van der Waals surface area contributed by atoms with Gasteiger partial charge in [0, 0.05) is 39.8 Å². The molecule has 2 aromatic rings. The summed E-state index contributed by atoms with van der Waals surface area (Å²) in [5.74, 6) is 0.106. The van der Waals surface area contributed by atoms with E-state index in [1.54, 1.807) is 4.90 Å². The lowest BCUT2D eigenvalue weighted by molar-refractivity contribution is -0.117. The maximum Gasteiger partial charge on any atom is 0.229 e. The molecule has 0 bridgehead atoms. The van der Waals surface area contributed by atoms with Gasteiger partial charge in [-0.25, -0.2) is 4.98 Å². The summed E-state index contributed by atoms with van der Waals surface area (Å²) in [6.07, 6.45) is 0.408. The molecular formula is C14H12BrN5OS. The summed E-state index contributed by atoms with van der Waals surface area (Å²) < 4.78 is 0.992. The lowest BCUT2D eigenvalue weighted by atomic mass is 10.1. The molecule has 1 atom stereocenters. The number of halogens is 1. The van der Waals surface area contributed by atoms with Gasteiger partial charge in [0.1, 0.15) is 0 Å². The quantitative estimate of drug-likeness (QED) is 0.453. The summed E-state index contributed by atoms with van der Waals surface area (Å²) in [4.78, 5) is 21.1. The summed E-state index contributed by atoms with van der Waals surface area (Å²) >= 11 is 4.90. The van der Waals surface area contributed by atoms with Crippen LogP contribution >= 0.6 is 27.3 Å². The third-order valence-electron chi connectivity index (χ3n) is 3.45. The highest BCUT2D eigenvalue weighted by atomic mass is 79.9. The number of benzene rings is 1. The number of carbonyl (C=O) groups excluding carboxylic acids is 1. The van der Waals surface area contributed by atoms with Crippen LogP contribution in [0.25, 0.3) is 21.7 Å². The second-order valence-corrected chi connectivity index (χ2v) is 6.77. The molecule has 0 saturated carbocycles. The number of hydrogen-bond donors (Lipinski definition) is 0. The van der Waals surface area contributed by atoms with Crippen molar-refractivity contribution in [2.45, 2.75) is 6.42 Å². The van der Waals surface area contributed by atoms with E-state index >= 15 is 0 Å². The van der Waals surface area contributed by atoms with E-state index < -0.39 is 0 Å². The third-order valence-corrected chi connectivity index (χ3v) is 4.81. The lowest BCUT2D eigenvalue weighted by Crippen LogP contribution is -2.24. The van der Waals surface area contributed by atoms with E-state index in [1.807, 2.05) is 29.6 Å². The molecule has 3 rings (SSSR count). The second-order valence-electron chi connectivity index (χ2n) is 5.01. The van der Waals surface area contributed by atoms with Gasteiger partial charge in [0.05, 0.1) is 5.69 Å². The summed E-state index contributed by atoms with van der Waals surface area (Å²) in [5, 5.41) is 6.21. The van der Waals surface area contributed by atoms with Gasteiger partial charge in [0.25, 0.3) is 0 Å². The van der Waals surface area contributed by atoms with Crippen molar-refractivity contribution in [3.63, 3.8) is 0 Å². The van der Waals surface area contributed by atoms with Crippen molar-refractivity contribution in [3.8, 4) is 11.3 Å². The van der Waals surface area contributed by atoms with E-state index in [2.05, 4.69) is 30.9 Å². The van der Waals surface area contributed by atoms with Gasteiger partial charge in [-0.3, -0.25) is 9.69 Å². The Balaban J connectivity index is 1.79. The van der Waals surface area contributed by atoms with Crippen molar-refractivity contribution in [1.82, 2.24) is 4.98 Å². The Kier molecular flexibility index (Phi) is 4.42. The zero-order valence-corrected chi connectivity index (χ0v) is 13.9. The Morgan fingerprint density at radius 3 is 3.18 bits per heavy atom. The molecule has 1 aromatic heterocycles. The first-order valence-electron chi connectivity index (χ1n) is 6.70. The number of azide groups is 1. The molecule has 112 valence electrons. The number of hydrogen-bond acceptors (Lipinski definition) is 4. The van der Waals surface area contributed by atoms with Gasteiger partial charge >= 0.3 is 0 Å². The van der Waals surface area contributed by atoms with Crippen LogP contribution < -0.4 is 4.90 Å². The van der Waals surface area contributed by atoms with Gasteiger partial charge < -0.3 is 0 Å². The highest BCUT2D eigenvalue weighted by molar-refractivity contribution is 9.10. The number of aromatic nitrogens is 1. The normalized spacial score (nSPS) is 17.6. The fourth-order valence-corrected chi connectivity index (χ4v) is 3.67. The minimum Gasteiger partial charge on any atom is -0.288 e. The first-order chi connectivity index (χ1) is 10.7. The average molecular weight is 378 g/mol.